The van der Waals surface area contributed by atoms with Crippen molar-refractivity contribution in [1.82, 2.24) is 5.32 Å². The molecule has 454 valence electrons. The van der Waals surface area contributed by atoms with Gasteiger partial charge in [0.15, 0.2) is 0 Å². The van der Waals surface area contributed by atoms with Crippen LogP contribution in [0, 0.1) is 0 Å². The molecule has 0 spiro atoms. The van der Waals surface area contributed by atoms with Crippen LogP contribution in [0.5, 0.6) is 0 Å². The highest BCUT2D eigenvalue weighted by molar-refractivity contribution is 5.76. The first-order valence-electron chi connectivity index (χ1n) is 35.3. The first kappa shape index (κ1) is 74.9. The molecular weight excluding hydrogens is 935 g/mol. The van der Waals surface area contributed by atoms with Crippen LogP contribution in [-0.4, -0.2) is 47.4 Å². The maximum absolute atomic E-state index is 12.4. The molecule has 0 aliphatic carbocycles. The molecule has 0 fully saturated rings. The third-order valence-electron chi connectivity index (χ3n) is 16.9. The van der Waals surface area contributed by atoms with Crippen LogP contribution in [0.15, 0.2) is 0 Å². The van der Waals surface area contributed by atoms with Crippen LogP contribution in [0.2, 0.25) is 0 Å². The molecular formula is C70H139NO5. The number of rotatable bonds is 67. The van der Waals surface area contributed by atoms with Crippen LogP contribution in [0.1, 0.15) is 412 Å². The fraction of sp³-hybridized carbons (Fsp3) is 0.971. The zero-order chi connectivity index (χ0) is 55.0. The first-order chi connectivity index (χ1) is 37.5. The van der Waals surface area contributed by atoms with E-state index in [1.54, 1.807) is 0 Å². The number of hydrogen-bond donors (Lipinski definition) is 3. The normalized spacial score (nSPS) is 12.4. The van der Waals surface area contributed by atoms with E-state index in [0.29, 0.717) is 25.9 Å². The monoisotopic (exact) mass is 1070 g/mol. The predicted molar refractivity (Wildman–Crippen MR) is 334 cm³/mol. The van der Waals surface area contributed by atoms with E-state index in [4.69, 9.17) is 4.74 Å². The number of aliphatic hydroxyl groups is 2. The molecule has 0 bridgehead atoms. The predicted octanol–water partition coefficient (Wildman–Crippen LogP) is 22.6. The second kappa shape index (κ2) is 66.4. The molecule has 0 saturated heterocycles. The molecule has 0 aromatic rings. The summed E-state index contributed by atoms with van der Waals surface area (Å²) in [5.74, 6) is -0.00294. The van der Waals surface area contributed by atoms with Gasteiger partial charge in [-0.15, -0.1) is 0 Å². The molecule has 0 saturated carbocycles. The number of ether oxygens (including phenoxy) is 1. The number of nitrogens with one attached hydrogen (secondary N) is 1. The summed E-state index contributed by atoms with van der Waals surface area (Å²) in [4.78, 5) is 24.5. The molecule has 3 N–H and O–H groups in total. The summed E-state index contributed by atoms with van der Waals surface area (Å²) < 4.78 is 5.50. The summed E-state index contributed by atoms with van der Waals surface area (Å²) in [5, 5.41) is 23.2. The third-order valence-corrected chi connectivity index (χ3v) is 16.9. The maximum atomic E-state index is 12.4. The van der Waals surface area contributed by atoms with Gasteiger partial charge in [-0.1, -0.05) is 373 Å². The van der Waals surface area contributed by atoms with Crippen LogP contribution in [0.3, 0.4) is 0 Å². The first-order valence-corrected chi connectivity index (χ1v) is 35.3. The van der Waals surface area contributed by atoms with Crippen molar-refractivity contribution in [3.63, 3.8) is 0 Å². The minimum Gasteiger partial charge on any atom is -0.466 e. The minimum absolute atomic E-state index is 0.0258. The Morgan fingerprint density at radius 3 is 0.803 bits per heavy atom. The third kappa shape index (κ3) is 62.1. The summed E-state index contributed by atoms with van der Waals surface area (Å²) in [6, 6.07) is -0.534. The Balaban J connectivity index is 3.26. The van der Waals surface area contributed by atoms with Gasteiger partial charge >= 0.3 is 5.97 Å². The zero-order valence-electron chi connectivity index (χ0n) is 52.0. The van der Waals surface area contributed by atoms with Gasteiger partial charge in [-0.05, 0) is 25.7 Å². The lowest BCUT2D eigenvalue weighted by molar-refractivity contribution is -0.143. The van der Waals surface area contributed by atoms with Crippen molar-refractivity contribution in [3.8, 4) is 0 Å². The number of hydrogen-bond acceptors (Lipinski definition) is 5. The van der Waals surface area contributed by atoms with Gasteiger partial charge in [-0.25, -0.2) is 0 Å². The van der Waals surface area contributed by atoms with Gasteiger partial charge in [0, 0.05) is 12.8 Å². The summed E-state index contributed by atoms with van der Waals surface area (Å²) in [6.45, 7) is 4.98. The molecule has 2 atom stereocenters. The Morgan fingerprint density at radius 2 is 0.539 bits per heavy atom. The molecule has 2 unspecified atom stereocenters. The molecule has 0 rings (SSSR count). The van der Waals surface area contributed by atoms with Gasteiger partial charge < -0.3 is 20.3 Å². The lowest BCUT2D eigenvalue weighted by Crippen LogP contribution is -2.45. The highest BCUT2D eigenvalue weighted by atomic mass is 16.5. The molecule has 76 heavy (non-hydrogen) atoms. The zero-order valence-corrected chi connectivity index (χ0v) is 52.0. The topological polar surface area (TPSA) is 95.9 Å². The van der Waals surface area contributed by atoms with E-state index in [9.17, 15) is 19.8 Å². The molecule has 0 aromatic heterocycles. The SMILES string of the molecule is CCCCCCCCCCCCCCCCC(=O)OCCCCCCCCCCCCCCCCCCCCCCCCCCCCCCCCCCCCCC(=O)NC(CO)C(O)CCCCCCCCCCCC. The van der Waals surface area contributed by atoms with E-state index in [0.717, 1.165) is 38.5 Å². The standard InChI is InChI=1S/C70H139NO5/c1-3-5-7-9-11-13-15-16-41-44-48-52-56-60-64-70(75)76-65-61-57-53-49-45-42-39-37-35-33-31-29-27-25-23-21-19-17-18-20-22-24-26-28-30-32-34-36-38-40-43-47-51-55-59-63-69(74)71-67(66-72)68(73)62-58-54-50-46-14-12-10-8-6-4-2/h67-68,72-73H,3-66H2,1-2H3,(H,71,74). The second-order valence-electron chi connectivity index (χ2n) is 24.6. The fourth-order valence-electron chi connectivity index (χ4n) is 11.5. The number of amides is 1. The largest absolute Gasteiger partial charge is 0.466 e. The molecule has 0 aliphatic heterocycles. The Labute approximate surface area is 476 Å². The highest BCUT2D eigenvalue weighted by Gasteiger charge is 2.20. The average Bonchev–Trinajstić information content (AvgIpc) is 3.42. The van der Waals surface area contributed by atoms with Crippen LogP contribution >= 0.6 is 0 Å². The molecule has 0 aromatic carbocycles. The van der Waals surface area contributed by atoms with E-state index in [2.05, 4.69) is 19.2 Å². The van der Waals surface area contributed by atoms with E-state index in [1.807, 2.05) is 0 Å². The highest BCUT2D eigenvalue weighted by Crippen LogP contribution is 2.20. The van der Waals surface area contributed by atoms with Crippen molar-refractivity contribution < 1.29 is 24.5 Å². The maximum Gasteiger partial charge on any atom is 0.305 e. The Hall–Kier alpha value is -1.14. The van der Waals surface area contributed by atoms with Gasteiger partial charge in [0.25, 0.3) is 0 Å². The number of esters is 1. The van der Waals surface area contributed by atoms with Crippen molar-refractivity contribution in [3.05, 3.63) is 0 Å². The van der Waals surface area contributed by atoms with Crippen LogP contribution in [0.4, 0.5) is 0 Å². The summed E-state index contributed by atoms with van der Waals surface area (Å²) in [7, 11) is 0. The molecule has 6 heteroatoms. The summed E-state index contributed by atoms with van der Waals surface area (Å²) in [6.07, 6.45) is 80.4. The summed E-state index contributed by atoms with van der Waals surface area (Å²) >= 11 is 0. The van der Waals surface area contributed by atoms with Crippen LogP contribution < -0.4 is 5.32 Å². The molecule has 0 radical (unpaired) electrons. The summed E-state index contributed by atoms with van der Waals surface area (Å²) in [5.41, 5.74) is 0. The van der Waals surface area contributed by atoms with Crippen LogP contribution in [-0.2, 0) is 14.3 Å². The number of aliphatic hydroxyl groups excluding tert-OH is 2. The number of unbranched alkanes of at least 4 members (excludes halogenated alkanes) is 56. The van der Waals surface area contributed by atoms with E-state index in [1.165, 1.54) is 340 Å². The van der Waals surface area contributed by atoms with Crippen molar-refractivity contribution in [1.29, 1.82) is 0 Å². The van der Waals surface area contributed by atoms with Gasteiger partial charge in [0.2, 0.25) is 5.91 Å². The van der Waals surface area contributed by atoms with Gasteiger partial charge in [-0.3, -0.25) is 9.59 Å². The lowest BCUT2D eigenvalue weighted by atomic mass is 10.0. The van der Waals surface area contributed by atoms with E-state index >= 15 is 0 Å². The Kier molecular flexibility index (Phi) is 65.4. The second-order valence-corrected chi connectivity index (χ2v) is 24.6. The van der Waals surface area contributed by atoms with E-state index < -0.39 is 12.1 Å². The number of carbonyl (C=O) groups excluding carboxylic acids is 2. The van der Waals surface area contributed by atoms with Gasteiger partial charge in [-0.2, -0.15) is 0 Å². The lowest BCUT2D eigenvalue weighted by Gasteiger charge is -2.22. The van der Waals surface area contributed by atoms with Gasteiger partial charge in [0.1, 0.15) is 0 Å². The minimum atomic E-state index is -0.657. The van der Waals surface area contributed by atoms with E-state index in [-0.39, 0.29) is 18.5 Å². The van der Waals surface area contributed by atoms with Gasteiger partial charge in [0.05, 0.1) is 25.4 Å². The van der Waals surface area contributed by atoms with Crippen molar-refractivity contribution in [2.45, 2.75) is 424 Å². The molecule has 0 aliphatic rings. The van der Waals surface area contributed by atoms with Crippen molar-refractivity contribution in [2.24, 2.45) is 0 Å². The average molecular weight is 1070 g/mol. The van der Waals surface area contributed by atoms with Crippen molar-refractivity contribution in [2.75, 3.05) is 13.2 Å². The van der Waals surface area contributed by atoms with Crippen molar-refractivity contribution >= 4 is 11.9 Å². The number of carbonyl (C=O) groups is 2. The van der Waals surface area contributed by atoms with Crippen LogP contribution in [0.25, 0.3) is 0 Å². The molecule has 0 heterocycles. The smallest absolute Gasteiger partial charge is 0.305 e. The quantitative estimate of drug-likeness (QED) is 0.0417. The fourth-order valence-corrected chi connectivity index (χ4v) is 11.5. The Bertz CT molecular complexity index is 1100. The Morgan fingerprint density at radius 1 is 0.316 bits per heavy atom. The molecule has 6 nitrogen and oxygen atoms in total. The molecule has 1 amide bonds.